The molecule has 0 spiro atoms. The van der Waals surface area contributed by atoms with E-state index in [0.29, 0.717) is 56.9 Å². The first-order valence-corrected chi connectivity index (χ1v) is 19.8. The van der Waals surface area contributed by atoms with Crippen LogP contribution in [0, 0.1) is 18.8 Å². The van der Waals surface area contributed by atoms with E-state index in [0.717, 1.165) is 48.9 Å². The third-order valence-electron chi connectivity index (χ3n) is 8.81. The number of halogens is 2. The van der Waals surface area contributed by atoms with Crippen LogP contribution < -0.4 is 20.4 Å². The number of anilines is 4. The average Bonchev–Trinajstić information content (AvgIpc) is 3.65. The molecule has 2 unspecified atom stereocenters. The molecule has 0 amide bonds. The highest BCUT2D eigenvalue weighted by Gasteiger charge is 2.30. The van der Waals surface area contributed by atoms with E-state index in [2.05, 4.69) is 40.6 Å². The summed E-state index contributed by atoms with van der Waals surface area (Å²) in [6.45, 7) is 13.0. The summed E-state index contributed by atoms with van der Waals surface area (Å²) in [5.41, 5.74) is 3.44. The molecule has 3 aromatic rings. The highest BCUT2D eigenvalue weighted by Crippen LogP contribution is 2.32. The van der Waals surface area contributed by atoms with Crippen LogP contribution in [0.2, 0.25) is 10.4 Å². The van der Waals surface area contributed by atoms with Gasteiger partial charge in [-0.15, -0.1) is 5.10 Å². The van der Waals surface area contributed by atoms with Crippen molar-refractivity contribution >= 4 is 68.1 Å². The van der Waals surface area contributed by atoms with Gasteiger partial charge in [-0.25, -0.2) is 9.97 Å². The third kappa shape index (κ3) is 8.76. The van der Waals surface area contributed by atoms with Gasteiger partial charge in [-0.05, 0) is 30.4 Å². The van der Waals surface area contributed by atoms with Crippen molar-refractivity contribution < 1.29 is 18.6 Å². The molecular weight excluding hydrogens is 711 g/mol. The van der Waals surface area contributed by atoms with Gasteiger partial charge in [-0.1, -0.05) is 39.3 Å². The second kappa shape index (κ2) is 16.5. The van der Waals surface area contributed by atoms with E-state index in [-0.39, 0.29) is 42.4 Å². The second-order valence-corrected chi connectivity index (χ2v) is 16.6. The Balaban J connectivity index is 0.000000221. The molecule has 3 aliphatic rings. The van der Waals surface area contributed by atoms with E-state index in [9.17, 15) is 18.6 Å². The van der Waals surface area contributed by atoms with Gasteiger partial charge in [-0.2, -0.15) is 15.1 Å². The number of hydrogen-bond acceptors (Lipinski definition) is 14. The van der Waals surface area contributed by atoms with Crippen molar-refractivity contribution in [2.45, 2.75) is 69.3 Å². The van der Waals surface area contributed by atoms with Gasteiger partial charge in [0.2, 0.25) is 11.2 Å². The van der Waals surface area contributed by atoms with Crippen molar-refractivity contribution in [3.63, 3.8) is 0 Å². The number of aliphatic hydroxyl groups excluding tert-OH is 2. The standard InChI is InChI=1S/C20H28ClN7O2S.C11H16ClN3O2S/c1-12(2)15(11-29)22-19-18-14(4-9-31(18)30)23-20(24-19)28-7-5-27(6-8-28)16-10-17(21)26-25-13(16)3;1-6(2)8(5-16)13-10-9-7(3-4-18(9)17)14-11(12)15-10/h10,12,15,29H,4-9,11H2,1-3H3,(H,22,23,24);6,8,16H,3-5H2,1-2H3,(H,13,14,15)/t15-,31?;8-,18?/m00/s1. The van der Waals surface area contributed by atoms with Gasteiger partial charge in [0.25, 0.3) is 0 Å². The maximum atomic E-state index is 12.6. The number of aliphatic hydroxyl groups is 2. The number of nitrogens with zero attached hydrogens (tertiary/aromatic N) is 8. The minimum absolute atomic E-state index is 0.0132. The molecule has 268 valence electrons. The minimum atomic E-state index is -1.11. The highest BCUT2D eigenvalue weighted by molar-refractivity contribution is 7.85. The van der Waals surface area contributed by atoms with Crippen molar-refractivity contribution in [3.05, 3.63) is 33.6 Å². The predicted octanol–water partition coefficient (Wildman–Crippen LogP) is 2.87. The Labute approximate surface area is 301 Å². The Morgan fingerprint density at radius 3 is 1.82 bits per heavy atom. The number of piperazine rings is 1. The molecule has 0 aliphatic carbocycles. The summed E-state index contributed by atoms with van der Waals surface area (Å²) in [7, 11) is -2.19. The second-order valence-electron chi connectivity index (χ2n) is 12.8. The first kappa shape index (κ1) is 37.5. The van der Waals surface area contributed by atoms with Crippen LogP contribution in [0.25, 0.3) is 0 Å². The summed E-state index contributed by atoms with van der Waals surface area (Å²) < 4.78 is 24.5. The summed E-state index contributed by atoms with van der Waals surface area (Å²) in [5, 5.41) is 34.1. The SMILES string of the molecule is CC(C)[C@H](CO)Nc1nc(Cl)nc2c1S(=O)CC2.Cc1nnc(Cl)cc1N1CCN(c2nc3c(c(N[C@@H](CO)C(C)C)n2)S(=O)CC3)CC1. The van der Waals surface area contributed by atoms with Crippen LogP contribution in [0.1, 0.15) is 44.8 Å². The molecular formula is C31H44Cl2N10O4S2. The zero-order valence-corrected chi connectivity index (χ0v) is 31.5. The van der Waals surface area contributed by atoms with Gasteiger partial charge >= 0.3 is 0 Å². The van der Waals surface area contributed by atoms with Gasteiger partial charge in [0.1, 0.15) is 21.4 Å². The van der Waals surface area contributed by atoms with E-state index in [4.69, 9.17) is 33.2 Å². The summed E-state index contributed by atoms with van der Waals surface area (Å²) in [6, 6.07) is 1.55. The molecule has 4 N–H and O–H groups in total. The molecule has 1 saturated heterocycles. The summed E-state index contributed by atoms with van der Waals surface area (Å²) >= 11 is 11.9. The monoisotopic (exact) mass is 754 g/mol. The molecule has 14 nitrogen and oxygen atoms in total. The molecule has 4 atom stereocenters. The van der Waals surface area contributed by atoms with E-state index in [1.165, 1.54) is 0 Å². The lowest BCUT2D eigenvalue weighted by atomic mass is 10.1. The lowest BCUT2D eigenvalue weighted by Gasteiger charge is -2.36. The van der Waals surface area contributed by atoms with Crippen LogP contribution in [0.15, 0.2) is 15.9 Å². The number of hydrogen-bond donors (Lipinski definition) is 4. The van der Waals surface area contributed by atoms with Gasteiger partial charge in [0.15, 0.2) is 5.15 Å². The van der Waals surface area contributed by atoms with Crippen LogP contribution >= 0.6 is 23.2 Å². The Bertz CT molecular complexity index is 1690. The molecule has 6 heterocycles. The van der Waals surface area contributed by atoms with E-state index < -0.39 is 21.6 Å². The fraction of sp³-hybridized carbons (Fsp3) is 0.613. The lowest BCUT2D eigenvalue weighted by Crippen LogP contribution is -2.47. The minimum Gasteiger partial charge on any atom is -0.394 e. The molecule has 0 radical (unpaired) electrons. The first-order valence-electron chi connectivity index (χ1n) is 16.4. The van der Waals surface area contributed by atoms with Crippen LogP contribution in [-0.2, 0) is 34.4 Å². The van der Waals surface area contributed by atoms with Crippen LogP contribution in [0.5, 0.6) is 0 Å². The lowest BCUT2D eigenvalue weighted by molar-refractivity contribution is 0.248. The van der Waals surface area contributed by atoms with Crippen LogP contribution in [0.3, 0.4) is 0 Å². The maximum Gasteiger partial charge on any atom is 0.227 e. The molecule has 6 rings (SSSR count). The summed E-state index contributed by atoms with van der Waals surface area (Å²) in [6.07, 6.45) is 1.34. The van der Waals surface area contributed by atoms with E-state index in [1.54, 1.807) is 0 Å². The molecule has 0 saturated carbocycles. The quantitative estimate of drug-likeness (QED) is 0.222. The van der Waals surface area contributed by atoms with Gasteiger partial charge in [0.05, 0.1) is 69.7 Å². The Morgan fingerprint density at radius 2 is 1.29 bits per heavy atom. The van der Waals surface area contributed by atoms with E-state index >= 15 is 0 Å². The van der Waals surface area contributed by atoms with Crippen LogP contribution in [0.4, 0.5) is 23.3 Å². The van der Waals surface area contributed by atoms with Crippen molar-refractivity contribution in [3.8, 4) is 0 Å². The zero-order chi connectivity index (χ0) is 35.4. The first-order chi connectivity index (χ1) is 23.4. The number of fused-ring (bicyclic) bond motifs is 2. The van der Waals surface area contributed by atoms with Crippen molar-refractivity contribution in [2.75, 3.05) is 71.3 Å². The number of aromatic nitrogens is 6. The molecule has 18 heteroatoms. The average molecular weight is 756 g/mol. The summed E-state index contributed by atoms with van der Waals surface area (Å²) in [4.78, 5) is 23.4. The van der Waals surface area contributed by atoms with Crippen molar-refractivity contribution in [1.82, 2.24) is 30.1 Å². The molecule has 0 bridgehead atoms. The molecule has 3 aliphatic heterocycles. The molecule has 49 heavy (non-hydrogen) atoms. The van der Waals surface area contributed by atoms with Crippen LogP contribution in [-0.4, -0.2) is 112 Å². The predicted molar refractivity (Wildman–Crippen MR) is 194 cm³/mol. The topological polar surface area (TPSA) is 182 Å². The molecule has 3 aromatic heterocycles. The molecule has 0 aromatic carbocycles. The van der Waals surface area contributed by atoms with Gasteiger partial charge < -0.3 is 30.6 Å². The summed E-state index contributed by atoms with van der Waals surface area (Å²) in [5.74, 6) is 3.29. The van der Waals surface area contributed by atoms with E-state index in [1.807, 2.05) is 40.7 Å². The number of aryl methyl sites for hydroxylation is 3. The zero-order valence-electron chi connectivity index (χ0n) is 28.3. The van der Waals surface area contributed by atoms with Crippen molar-refractivity contribution in [1.29, 1.82) is 0 Å². The smallest absolute Gasteiger partial charge is 0.227 e. The number of nitrogens with one attached hydrogen (secondary N) is 2. The molecule has 1 fully saturated rings. The normalized spacial score (nSPS) is 19.7. The van der Waals surface area contributed by atoms with Gasteiger partial charge in [-0.3, -0.25) is 8.42 Å². The Hall–Kier alpha value is -2.76. The Morgan fingerprint density at radius 1 is 0.776 bits per heavy atom. The highest BCUT2D eigenvalue weighted by atomic mass is 35.5. The third-order valence-corrected chi connectivity index (χ3v) is 12.1. The van der Waals surface area contributed by atoms with Gasteiger partial charge in [0, 0.05) is 56.6 Å². The fourth-order valence-electron chi connectivity index (χ4n) is 5.77. The maximum absolute atomic E-state index is 12.6. The largest absolute Gasteiger partial charge is 0.394 e. The number of rotatable bonds is 10. The Kier molecular flexibility index (Phi) is 12.6. The van der Waals surface area contributed by atoms with Crippen molar-refractivity contribution in [2.24, 2.45) is 11.8 Å². The fourth-order valence-corrected chi connectivity index (χ4v) is 8.73.